The molecule has 0 saturated carbocycles. The molecule has 0 radical (unpaired) electrons. The van der Waals surface area contributed by atoms with Gasteiger partial charge in [-0.05, 0) is 11.6 Å². The molecule has 0 N–H and O–H groups in total. The Morgan fingerprint density at radius 3 is 2.80 bits per heavy atom. The van der Waals surface area contributed by atoms with Crippen molar-refractivity contribution in [3.05, 3.63) is 5.28 Å². The molecular formula is C8H10ClN5O. The highest BCUT2D eigenvalue weighted by molar-refractivity contribution is 6.28. The summed E-state index contributed by atoms with van der Waals surface area (Å²) >= 11 is 5.67. The van der Waals surface area contributed by atoms with Crippen molar-refractivity contribution in [1.82, 2.24) is 15.0 Å². The van der Waals surface area contributed by atoms with Gasteiger partial charge in [0.15, 0.2) is 0 Å². The Morgan fingerprint density at radius 2 is 2.20 bits per heavy atom. The number of hydrogen-bond donors (Lipinski definition) is 0. The highest BCUT2D eigenvalue weighted by Gasteiger charge is 2.08. The number of ether oxygens (including phenoxy) is 1. The SMILES string of the molecule is COc1nc(Cl)nc(N(C)CCC#N)n1. The fourth-order valence-corrected chi connectivity index (χ4v) is 1.05. The molecule has 0 unspecified atom stereocenters. The first-order valence-electron chi connectivity index (χ1n) is 4.21. The molecule has 15 heavy (non-hydrogen) atoms. The van der Waals surface area contributed by atoms with E-state index in [1.165, 1.54) is 7.11 Å². The van der Waals surface area contributed by atoms with Gasteiger partial charge in [0.2, 0.25) is 11.2 Å². The van der Waals surface area contributed by atoms with Crippen molar-refractivity contribution in [2.75, 3.05) is 25.6 Å². The van der Waals surface area contributed by atoms with Crippen LogP contribution in [0.5, 0.6) is 6.01 Å². The molecule has 7 heteroatoms. The molecule has 6 nitrogen and oxygen atoms in total. The maximum absolute atomic E-state index is 8.44. The first-order valence-corrected chi connectivity index (χ1v) is 4.59. The van der Waals surface area contributed by atoms with Crippen LogP contribution in [0.1, 0.15) is 6.42 Å². The first-order chi connectivity index (χ1) is 7.17. The van der Waals surface area contributed by atoms with Gasteiger partial charge in [0.25, 0.3) is 0 Å². The number of nitriles is 1. The van der Waals surface area contributed by atoms with Gasteiger partial charge in [-0.15, -0.1) is 0 Å². The van der Waals surface area contributed by atoms with Gasteiger partial charge in [-0.25, -0.2) is 0 Å². The number of nitrogens with zero attached hydrogens (tertiary/aromatic N) is 5. The van der Waals surface area contributed by atoms with E-state index in [0.29, 0.717) is 18.9 Å². The normalized spacial score (nSPS) is 9.47. The van der Waals surface area contributed by atoms with Gasteiger partial charge in [0.05, 0.1) is 19.6 Å². The van der Waals surface area contributed by atoms with Crippen LogP contribution in [0.15, 0.2) is 0 Å². The largest absolute Gasteiger partial charge is 0.467 e. The third kappa shape index (κ3) is 3.22. The third-order valence-corrected chi connectivity index (χ3v) is 1.83. The molecule has 0 saturated heterocycles. The number of hydrogen-bond acceptors (Lipinski definition) is 6. The quantitative estimate of drug-likeness (QED) is 0.760. The van der Waals surface area contributed by atoms with E-state index in [2.05, 4.69) is 15.0 Å². The Morgan fingerprint density at radius 1 is 1.47 bits per heavy atom. The lowest BCUT2D eigenvalue weighted by Gasteiger charge is -2.14. The Kier molecular flexibility index (Phi) is 4.06. The number of anilines is 1. The molecule has 0 aliphatic rings. The van der Waals surface area contributed by atoms with Crippen LogP contribution in [0.3, 0.4) is 0 Å². The van der Waals surface area contributed by atoms with E-state index in [0.717, 1.165) is 0 Å². The molecule has 0 bridgehead atoms. The minimum atomic E-state index is 0.0701. The molecule has 0 aliphatic carbocycles. The second kappa shape index (κ2) is 5.32. The smallest absolute Gasteiger partial charge is 0.322 e. The predicted molar refractivity (Wildman–Crippen MR) is 54.9 cm³/mol. The maximum Gasteiger partial charge on any atom is 0.322 e. The van der Waals surface area contributed by atoms with Crippen LogP contribution in [0.4, 0.5) is 5.95 Å². The van der Waals surface area contributed by atoms with Crippen LogP contribution in [-0.4, -0.2) is 35.7 Å². The van der Waals surface area contributed by atoms with Gasteiger partial charge in [-0.2, -0.15) is 20.2 Å². The molecule has 0 spiro atoms. The molecule has 1 rings (SSSR count). The van der Waals surface area contributed by atoms with Gasteiger partial charge in [-0.3, -0.25) is 0 Å². The molecule has 0 amide bonds. The van der Waals surface area contributed by atoms with Gasteiger partial charge in [0, 0.05) is 13.6 Å². The highest BCUT2D eigenvalue weighted by atomic mass is 35.5. The molecule has 0 fully saturated rings. The Hall–Kier alpha value is -1.61. The van der Waals surface area contributed by atoms with Crippen molar-refractivity contribution in [2.24, 2.45) is 0 Å². The summed E-state index contributed by atoms with van der Waals surface area (Å²) in [5, 5.41) is 8.51. The zero-order valence-electron chi connectivity index (χ0n) is 8.44. The van der Waals surface area contributed by atoms with Crippen LogP contribution in [0.2, 0.25) is 5.28 Å². The van der Waals surface area contributed by atoms with Gasteiger partial charge in [0.1, 0.15) is 0 Å². The Balaban J connectivity index is 2.84. The minimum Gasteiger partial charge on any atom is -0.467 e. The molecule has 1 aromatic rings. The first kappa shape index (κ1) is 11.5. The summed E-state index contributed by atoms with van der Waals surface area (Å²) in [7, 11) is 3.22. The van der Waals surface area contributed by atoms with Crippen LogP contribution in [0, 0.1) is 11.3 Å². The van der Waals surface area contributed by atoms with E-state index in [4.69, 9.17) is 21.6 Å². The summed E-state index contributed by atoms with van der Waals surface area (Å²) in [5.74, 6) is 0.391. The molecule has 80 valence electrons. The number of halogens is 1. The van der Waals surface area contributed by atoms with Crippen molar-refractivity contribution in [2.45, 2.75) is 6.42 Å². The number of methoxy groups -OCH3 is 1. The van der Waals surface area contributed by atoms with Crippen LogP contribution in [0.25, 0.3) is 0 Å². The third-order valence-electron chi connectivity index (χ3n) is 1.66. The lowest BCUT2D eigenvalue weighted by molar-refractivity contribution is 0.378. The second-order valence-electron chi connectivity index (χ2n) is 2.72. The van der Waals surface area contributed by atoms with Gasteiger partial charge in [-0.1, -0.05) is 0 Å². The standard InChI is InChI=1S/C8H10ClN5O/c1-14(5-3-4-10)7-11-6(9)12-8(13-7)15-2/h3,5H2,1-2H3. The molecule has 0 atom stereocenters. The average Bonchev–Trinajstić information content (AvgIpc) is 2.24. The minimum absolute atomic E-state index is 0.0701. The van der Waals surface area contributed by atoms with Crippen LogP contribution < -0.4 is 9.64 Å². The molecule has 0 aromatic carbocycles. The summed E-state index contributed by atoms with van der Waals surface area (Å²) in [5.41, 5.74) is 0. The molecule has 1 aromatic heterocycles. The fourth-order valence-electron chi connectivity index (χ4n) is 0.902. The summed E-state index contributed by atoms with van der Waals surface area (Å²) < 4.78 is 4.85. The summed E-state index contributed by atoms with van der Waals surface area (Å²) in [6.45, 7) is 0.528. The van der Waals surface area contributed by atoms with Gasteiger partial charge >= 0.3 is 6.01 Å². The van der Waals surface area contributed by atoms with Crippen LogP contribution >= 0.6 is 11.6 Å². The predicted octanol–water partition coefficient (Wildman–Crippen LogP) is 0.883. The zero-order valence-corrected chi connectivity index (χ0v) is 9.19. The van der Waals surface area contributed by atoms with E-state index >= 15 is 0 Å². The Bertz CT molecular complexity index is 378. The van der Waals surface area contributed by atoms with E-state index < -0.39 is 0 Å². The number of aromatic nitrogens is 3. The van der Waals surface area contributed by atoms with Gasteiger partial charge < -0.3 is 9.64 Å². The topological polar surface area (TPSA) is 74.9 Å². The highest BCUT2D eigenvalue weighted by Crippen LogP contribution is 2.13. The lowest BCUT2D eigenvalue weighted by Crippen LogP contribution is -2.21. The zero-order chi connectivity index (χ0) is 11.3. The van der Waals surface area contributed by atoms with E-state index in [-0.39, 0.29) is 11.3 Å². The lowest BCUT2D eigenvalue weighted by atomic mass is 10.4. The van der Waals surface area contributed by atoms with Crippen LogP contribution in [-0.2, 0) is 0 Å². The average molecular weight is 228 g/mol. The number of rotatable bonds is 4. The maximum atomic E-state index is 8.44. The van der Waals surface area contributed by atoms with Crippen molar-refractivity contribution in [3.63, 3.8) is 0 Å². The summed E-state index contributed by atoms with van der Waals surface area (Å²) in [6, 6.07) is 2.20. The van der Waals surface area contributed by atoms with E-state index in [1.807, 2.05) is 6.07 Å². The van der Waals surface area contributed by atoms with Crippen molar-refractivity contribution >= 4 is 17.5 Å². The second-order valence-corrected chi connectivity index (χ2v) is 3.06. The Labute approximate surface area is 92.5 Å². The molecule has 0 aliphatic heterocycles. The van der Waals surface area contributed by atoms with E-state index in [9.17, 15) is 0 Å². The molecule has 1 heterocycles. The monoisotopic (exact) mass is 227 g/mol. The van der Waals surface area contributed by atoms with E-state index in [1.54, 1.807) is 11.9 Å². The van der Waals surface area contributed by atoms with Crippen molar-refractivity contribution in [1.29, 1.82) is 5.26 Å². The summed E-state index contributed by atoms with van der Waals surface area (Å²) in [6.07, 6.45) is 0.391. The summed E-state index contributed by atoms with van der Waals surface area (Å²) in [4.78, 5) is 13.4. The van der Waals surface area contributed by atoms with Crippen molar-refractivity contribution in [3.8, 4) is 12.1 Å². The van der Waals surface area contributed by atoms with Crippen molar-refractivity contribution < 1.29 is 4.74 Å². The fraction of sp³-hybridized carbons (Fsp3) is 0.500. The molecular weight excluding hydrogens is 218 g/mol.